The number of halogens is 1. The number of aryl methyl sites for hydroxylation is 1. The SMILES string of the molecule is Cc1cc(Br)ccc1[C@H](C)CC(C)(C)S(N)=O. The molecule has 1 rings (SSSR count). The molecule has 2 atom stereocenters. The van der Waals surface area contributed by atoms with Crippen molar-refractivity contribution in [3.05, 3.63) is 33.8 Å². The molecule has 2 nitrogen and oxygen atoms in total. The third-order valence-corrected chi connectivity index (χ3v) is 4.85. The van der Waals surface area contributed by atoms with Gasteiger partial charge >= 0.3 is 0 Å². The van der Waals surface area contributed by atoms with Crippen molar-refractivity contribution in [2.45, 2.75) is 44.8 Å². The lowest BCUT2D eigenvalue weighted by molar-refractivity contribution is 0.539. The fourth-order valence-electron chi connectivity index (χ4n) is 2.12. The van der Waals surface area contributed by atoms with E-state index < -0.39 is 11.0 Å². The van der Waals surface area contributed by atoms with Gasteiger partial charge in [0.2, 0.25) is 0 Å². The van der Waals surface area contributed by atoms with Gasteiger partial charge in [0.25, 0.3) is 0 Å². The van der Waals surface area contributed by atoms with E-state index >= 15 is 0 Å². The van der Waals surface area contributed by atoms with Crippen LogP contribution < -0.4 is 5.14 Å². The van der Waals surface area contributed by atoms with Gasteiger partial charge in [-0.3, -0.25) is 5.14 Å². The second kappa shape index (κ2) is 5.63. The molecule has 0 radical (unpaired) electrons. The minimum absolute atomic E-state index is 0.348. The predicted octanol–water partition coefficient (Wildman–Crippen LogP) is 3.65. The maximum absolute atomic E-state index is 11.5. The minimum Gasteiger partial charge on any atom is -0.251 e. The van der Waals surface area contributed by atoms with Crippen LogP contribution in [0.25, 0.3) is 0 Å². The molecule has 0 aliphatic rings. The van der Waals surface area contributed by atoms with Gasteiger partial charge in [0, 0.05) is 4.47 Å². The Kier molecular flexibility index (Phi) is 4.93. The fourth-order valence-corrected chi connectivity index (χ4v) is 3.01. The summed E-state index contributed by atoms with van der Waals surface area (Å²) in [5.41, 5.74) is 2.55. The largest absolute Gasteiger partial charge is 0.251 e. The molecule has 0 aliphatic heterocycles. The molecule has 17 heavy (non-hydrogen) atoms. The molecule has 0 aliphatic carbocycles. The molecule has 2 N–H and O–H groups in total. The molecule has 0 saturated heterocycles. The predicted molar refractivity (Wildman–Crippen MR) is 78.3 cm³/mol. The van der Waals surface area contributed by atoms with Gasteiger partial charge in [0.05, 0.1) is 15.7 Å². The monoisotopic (exact) mass is 317 g/mol. The van der Waals surface area contributed by atoms with Crippen LogP contribution in [0.3, 0.4) is 0 Å². The molecular formula is C13H20BrNOS. The summed E-state index contributed by atoms with van der Waals surface area (Å²) in [5, 5.41) is 5.52. The summed E-state index contributed by atoms with van der Waals surface area (Å²) in [6, 6.07) is 6.28. The van der Waals surface area contributed by atoms with Gasteiger partial charge in [-0.25, -0.2) is 4.21 Å². The zero-order valence-electron chi connectivity index (χ0n) is 10.8. The second-order valence-corrected chi connectivity index (χ2v) is 7.78. The highest BCUT2D eigenvalue weighted by Crippen LogP contribution is 2.31. The quantitative estimate of drug-likeness (QED) is 0.905. The van der Waals surface area contributed by atoms with Crippen LogP contribution in [0.5, 0.6) is 0 Å². The average molecular weight is 318 g/mol. The van der Waals surface area contributed by atoms with Crippen LogP contribution in [-0.2, 0) is 11.0 Å². The number of hydrogen-bond acceptors (Lipinski definition) is 1. The molecule has 96 valence electrons. The van der Waals surface area contributed by atoms with E-state index in [2.05, 4.69) is 41.9 Å². The number of nitrogens with two attached hydrogens (primary N) is 1. The molecule has 0 fully saturated rings. The first kappa shape index (κ1) is 14.9. The van der Waals surface area contributed by atoms with Crippen molar-refractivity contribution in [2.75, 3.05) is 0 Å². The van der Waals surface area contributed by atoms with Gasteiger partial charge in [-0.15, -0.1) is 0 Å². The highest BCUT2D eigenvalue weighted by molar-refractivity contribution is 9.10. The summed E-state index contributed by atoms with van der Waals surface area (Å²) in [6.07, 6.45) is 0.818. The highest BCUT2D eigenvalue weighted by Gasteiger charge is 2.27. The van der Waals surface area contributed by atoms with Crippen molar-refractivity contribution in [3.8, 4) is 0 Å². The zero-order chi connectivity index (χ0) is 13.2. The molecule has 0 bridgehead atoms. The molecule has 1 aromatic rings. The van der Waals surface area contributed by atoms with E-state index in [1.165, 1.54) is 11.1 Å². The smallest absolute Gasteiger partial charge is 0.0945 e. The van der Waals surface area contributed by atoms with Gasteiger partial charge < -0.3 is 0 Å². The Hall–Kier alpha value is -0.190. The first-order valence-corrected chi connectivity index (χ1v) is 7.67. The number of hydrogen-bond donors (Lipinski definition) is 1. The Morgan fingerprint density at radius 3 is 2.53 bits per heavy atom. The van der Waals surface area contributed by atoms with Gasteiger partial charge in [-0.2, -0.15) is 0 Å². The standard InChI is InChI=1S/C13H20BrNOS/c1-9-7-11(14)5-6-12(9)10(2)8-13(3,4)17(15)16/h5-7,10H,8,15H2,1-4H3/t10-,17?/m1/s1. The van der Waals surface area contributed by atoms with Crippen LogP contribution in [0.15, 0.2) is 22.7 Å². The van der Waals surface area contributed by atoms with E-state index in [0.29, 0.717) is 5.92 Å². The summed E-state index contributed by atoms with van der Waals surface area (Å²) in [5.74, 6) is 0.352. The first-order valence-electron chi connectivity index (χ1n) is 5.66. The Morgan fingerprint density at radius 1 is 1.47 bits per heavy atom. The zero-order valence-corrected chi connectivity index (χ0v) is 13.2. The van der Waals surface area contributed by atoms with E-state index in [1.54, 1.807) is 0 Å². The van der Waals surface area contributed by atoms with Crippen molar-refractivity contribution in [2.24, 2.45) is 5.14 Å². The molecule has 0 saturated carbocycles. The van der Waals surface area contributed by atoms with Gasteiger partial charge in [0.15, 0.2) is 0 Å². The number of rotatable bonds is 4. The van der Waals surface area contributed by atoms with Crippen molar-refractivity contribution < 1.29 is 4.21 Å². The molecule has 0 aromatic heterocycles. The van der Waals surface area contributed by atoms with Gasteiger partial charge in [-0.1, -0.05) is 28.9 Å². The molecule has 1 unspecified atom stereocenters. The average Bonchev–Trinajstić information content (AvgIpc) is 2.15. The van der Waals surface area contributed by atoms with Gasteiger partial charge in [-0.05, 0) is 56.4 Å². The maximum atomic E-state index is 11.5. The Morgan fingerprint density at radius 2 is 2.06 bits per heavy atom. The van der Waals surface area contributed by atoms with Crippen LogP contribution in [-0.4, -0.2) is 8.96 Å². The van der Waals surface area contributed by atoms with Crippen LogP contribution >= 0.6 is 15.9 Å². The second-order valence-electron chi connectivity index (χ2n) is 5.16. The normalized spacial score (nSPS) is 15.6. The van der Waals surface area contributed by atoms with E-state index in [0.717, 1.165) is 10.9 Å². The summed E-state index contributed by atoms with van der Waals surface area (Å²) < 4.78 is 12.2. The van der Waals surface area contributed by atoms with E-state index in [1.807, 2.05) is 19.9 Å². The molecule has 0 amide bonds. The van der Waals surface area contributed by atoms with Crippen LogP contribution in [0, 0.1) is 6.92 Å². The third-order valence-electron chi connectivity index (χ3n) is 3.11. The Bertz CT molecular complexity index is 431. The van der Waals surface area contributed by atoms with Crippen molar-refractivity contribution in [1.82, 2.24) is 0 Å². The topological polar surface area (TPSA) is 43.1 Å². The molecule has 4 heteroatoms. The van der Waals surface area contributed by atoms with Crippen molar-refractivity contribution in [3.63, 3.8) is 0 Å². The lowest BCUT2D eigenvalue weighted by Gasteiger charge is -2.26. The van der Waals surface area contributed by atoms with Crippen molar-refractivity contribution in [1.29, 1.82) is 0 Å². The molecule has 1 aromatic carbocycles. The first-order chi connectivity index (χ1) is 7.74. The summed E-state index contributed by atoms with van der Waals surface area (Å²) in [6.45, 7) is 8.16. The van der Waals surface area contributed by atoms with E-state index in [9.17, 15) is 4.21 Å². The molecule has 0 spiro atoms. The van der Waals surface area contributed by atoms with Gasteiger partial charge in [0.1, 0.15) is 0 Å². The van der Waals surface area contributed by atoms with Crippen LogP contribution in [0.1, 0.15) is 44.2 Å². The van der Waals surface area contributed by atoms with E-state index in [-0.39, 0.29) is 4.75 Å². The van der Waals surface area contributed by atoms with Crippen molar-refractivity contribution >= 4 is 26.9 Å². The lowest BCUT2D eigenvalue weighted by Crippen LogP contribution is -2.33. The number of benzene rings is 1. The maximum Gasteiger partial charge on any atom is 0.0945 e. The Labute approximate surface area is 115 Å². The summed E-state index contributed by atoms with van der Waals surface area (Å²) in [7, 11) is -1.29. The highest BCUT2D eigenvalue weighted by atomic mass is 79.9. The third kappa shape index (κ3) is 3.90. The minimum atomic E-state index is -1.29. The van der Waals surface area contributed by atoms with Crippen LogP contribution in [0.4, 0.5) is 0 Å². The fraction of sp³-hybridized carbons (Fsp3) is 0.538. The van der Waals surface area contributed by atoms with E-state index in [4.69, 9.17) is 5.14 Å². The lowest BCUT2D eigenvalue weighted by atomic mass is 9.89. The molecule has 0 heterocycles. The van der Waals surface area contributed by atoms with Crippen LogP contribution in [0.2, 0.25) is 0 Å². The Balaban J connectivity index is 2.90. The summed E-state index contributed by atoms with van der Waals surface area (Å²) >= 11 is 3.46. The molecular weight excluding hydrogens is 298 g/mol. The summed E-state index contributed by atoms with van der Waals surface area (Å²) in [4.78, 5) is 0.